The number of carbonyl (C=O) groups excluding carboxylic acids is 2. The largest absolute Gasteiger partial charge is 0.495 e. The van der Waals surface area contributed by atoms with Crippen LogP contribution in [0.5, 0.6) is 0 Å². The first-order chi connectivity index (χ1) is 36.1. The molecule has 8 rings (SSSR count). The molecular weight excluding hydrogens is 936 g/mol. The van der Waals surface area contributed by atoms with Crippen LogP contribution in [0.3, 0.4) is 0 Å². The van der Waals surface area contributed by atoms with Gasteiger partial charge in [0.2, 0.25) is 0 Å². The van der Waals surface area contributed by atoms with Gasteiger partial charge in [-0.1, -0.05) is 176 Å². The monoisotopic (exact) mass is 1030 g/mol. The van der Waals surface area contributed by atoms with Gasteiger partial charge in [0.15, 0.2) is 0 Å². The smallest absolute Gasteiger partial charge is 0.399 e. The van der Waals surface area contributed by atoms with Gasteiger partial charge < -0.3 is 19.5 Å². The van der Waals surface area contributed by atoms with E-state index >= 15 is 0 Å². The minimum Gasteiger partial charge on any atom is -0.399 e. The first-order valence-electron chi connectivity index (χ1n) is 29.4. The van der Waals surface area contributed by atoms with Gasteiger partial charge in [-0.05, 0) is 211 Å². The standard InChI is InChI=1S/C35H46O.C33H49BO3.CO2/c1-6-28-12-14-30(15-13-28)33-19-18-32(25-27(33)5)35(7-2,8-3)31-17-16-29(26(4)24-31)20-23-34(36)21-10-9-11-22-34;1-9-33(10-2,27-15-14-26(24(3)22-27)18-21-32(35)19-12-11-13-20-32)28-16-17-29(25(4)23-28)34-36-30(5,6)31(7,8)37-34;2-1-3/h12-19,24-25,36H,6-11,20-23H2,1-5H3;14-17,22-23,35H,9-13,18-21H2,1-8H3;. The SMILES string of the molecule is CCC(CC)(c1ccc(CCC2(O)CCCCC2)c(C)c1)c1ccc(B2OC(C)(C)C(C)(C)O2)c(C)c1.CCc1ccc(-c2ccc(C(CC)(CC)c3ccc(CCC4(O)CCCCC4)c(C)c3)cc2C)cc1.O=C=O. The number of rotatable bonds is 17. The zero-order valence-electron chi connectivity index (χ0n) is 49.3. The Labute approximate surface area is 460 Å². The van der Waals surface area contributed by atoms with Crippen molar-refractivity contribution in [3.63, 3.8) is 0 Å². The summed E-state index contributed by atoms with van der Waals surface area (Å²) in [5.41, 5.74) is 17.1. The van der Waals surface area contributed by atoms with Crippen LogP contribution in [0.25, 0.3) is 11.1 Å². The Morgan fingerprint density at radius 2 is 0.868 bits per heavy atom. The second-order valence-corrected chi connectivity index (χ2v) is 24.3. The van der Waals surface area contributed by atoms with Gasteiger partial charge in [-0.3, -0.25) is 0 Å². The van der Waals surface area contributed by atoms with Gasteiger partial charge in [-0.25, -0.2) is 0 Å². The molecule has 0 unspecified atom stereocenters. The van der Waals surface area contributed by atoms with Gasteiger partial charge in [0.25, 0.3) is 0 Å². The van der Waals surface area contributed by atoms with Crippen LogP contribution in [-0.4, -0.2) is 45.9 Å². The number of hydrogen-bond donors (Lipinski definition) is 2. The van der Waals surface area contributed by atoms with Crippen LogP contribution in [0.1, 0.15) is 226 Å². The molecule has 0 spiro atoms. The quantitative estimate of drug-likeness (QED) is 0.0902. The second-order valence-electron chi connectivity index (χ2n) is 24.3. The molecule has 0 radical (unpaired) electrons. The summed E-state index contributed by atoms with van der Waals surface area (Å²) in [6.07, 6.45) is 20.3. The van der Waals surface area contributed by atoms with Crippen molar-refractivity contribution in [2.24, 2.45) is 0 Å². The number of hydrogen-bond acceptors (Lipinski definition) is 6. The lowest BCUT2D eigenvalue weighted by Crippen LogP contribution is -2.41. The van der Waals surface area contributed by atoms with Gasteiger partial charge >= 0.3 is 13.3 Å². The van der Waals surface area contributed by atoms with E-state index in [9.17, 15) is 10.2 Å². The summed E-state index contributed by atoms with van der Waals surface area (Å²) in [4.78, 5) is 16.2. The summed E-state index contributed by atoms with van der Waals surface area (Å²) in [5.74, 6) is 0. The summed E-state index contributed by atoms with van der Waals surface area (Å²) >= 11 is 0. The Morgan fingerprint density at radius 3 is 1.22 bits per heavy atom. The number of aryl methyl sites for hydroxylation is 7. The normalized spacial score (nSPS) is 17.7. The molecule has 2 saturated carbocycles. The third-order valence-corrected chi connectivity index (χ3v) is 19.3. The summed E-state index contributed by atoms with van der Waals surface area (Å²) < 4.78 is 12.7. The van der Waals surface area contributed by atoms with E-state index in [0.717, 1.165) is 102 Å². The minimum atomic E-state index is -0.462. The van der Waals surface area contributed by atoms with Crippen LogP contribution < -0.4 is 5.46 Å². The highest BCUT2D eigenvalue weighted by Crippen LogP contribution is 2.44. The van der Waals surface area contributed by atoms with Crippen LogP contribution in [0.4, 0.5) is 0 Å². The van der Waals surface area contributed by atoms with Gasteiger partial charge in [-0.15, -0.1) is 0 Å². The van der Waals surface area contributed by atoms with E-state index in [4.69, 9.17) is 18.9 Å². The zero-order chi connectivity index (χ0) is 55.5. The van der Waals surface area contributed by atoms with Gasteiger partial charge in [-0.2, -0.15) is 9.59 Å². The molecule has 3 fully saturated rings. The average Bonchev–Trinajstić information content (AvgIpc) is 3.62. The van der Waals surface area contributed by atoms with Crippen LogP contribution >= 0.6 is 0 Å². The third-order valence-electron chi connectivity index (χ3n) is 19.3. The summed E-state index contributed by atoms with van der Waals surface area (Å²) in [7, 11) is -0.336. The van der Waals surface area contributed by atoms with Crippen molar-refractivity contribution < 1.29 is 29.1 Å². The van der Waals surface area contributed by atoms with Crippen molar-refractivity contribution in [1.82, 2.24) is 0 Å². The molecule has 5 aromatic carbocycles. The Hall–Kier alpha value is -4.62. The Kier molecular flexibility index (Phi) is 20.7. The van der Waals surface area contributed by atoms with E-state index in [2.05, 4.69) is 187 Å². The van der Waals surface area contributed by atoms with E-state index in [-0.39, 0.29) is 35.3 Å². The molecule has 7 heteroatoms. The maximum Gasteiger partial charge on any atom is 0.495 e. The van der Waals surface area contributed by atoms with Crippen LogP contribution in [0.15, 0.2) is 97.1 Å². The molecule has 3 aliphatic rings. The Balaban J connectivity index is 0.000000235. The lowest BCUT2D eigenvalue weighted by Gasteiger charge is -2.35. The topological polar surface area (TPSA) is 93.1 Å². The first kappa shape index (κ1) is 60.6. The van der Waals surface area contributed by atoms with E-state index in [1.165, 1.54) is 98.0 Å². The predicted octanol–water partition coefficient (Wildman–Crippen LogP) is 16.0. The molecule has 2 N–H and O–H groups in total. The molecule has 0 aromatic heterocycles. The number of aliphatic hydroxyl groups is 2. The fourth-order valence-electron chi connectivity index (χ4n) is 13.1. The molecule has 1 aliphatic heterocycles. The van der Waals surface area contributed by atoms with Crippen molar-refractivity contribution >= 4 is 18.7 Å². The highest BCUT2D eigenvalue weighted by atomic mass is 16.7. The molecule has 5 aromatic rings. The van der Waals surface area contributed by atoms with Gasteiger partial charge in [0, 0.05) is 10.8 Å². The van der Waals surface area contributed by atoms with E-state index < -0.39 is 11.2 Å². The summed E-state index contributed by atoms with van der Waals surface area (Å²) in [6, 6.07) is 37.2. The molecule has 0 bridgehead atoms. The van der Waals surface area contributed by atoms with Crippen molar-refractivity contribution in [3.05, 3.63) is 158 Å². The van der Waals surface area contributed by atoms with E-state index in [0.29, 0.717) is 0 Å². The third kappa shape index (κ3) is 13.6. The fourth-order valence-corrected chi connectivity index (χ4v) is 13.1. The van der Waals surface area contributed by atoms with Crippen molar-refractivity contribution in [3.8, 4) is 11.1 Å². The molecule has 0 amide bonds. The fraction of sp³-hybridized carbons (Fsp3) is 0.551. The van der Waals surface area contributed by atoms with E-state index in [1.807, 2.05) is 0 Å². The predicted molar refractivity (Wildman–Crippen MR) is 316 cm³/mol. The summed E-state index contributed by atoms with van der Waals surface area (Å²) in [5, 5.41) is 22.0. The summed E-state index contributed by atoms with van der Waals surface area (Å²) in [6.45, 7) is 28.9. The Morgan fingerprint density at radius 1 is 0.500 bits per heavy atom. The highest BCUT2D eigenvalue weighted by Gasteiger charge is 2.52. The lowest BCUT2D eigenvalue weighted by molar-refractivity contribution is -0.191. The molecule has 76 heavy (non-hydrogen) atoms. The number of benzene rings is 5. The average molecular weight is 1030 g/mol. The van der Waals surface area contributed by atoms with E-state index in [1.54, 1.807) is 0 Å². The molecule has 1 saturated heterocycles. The minimum absolute atomic E-state index is 0.0141. The maximum atomic E-state index is 11.0. The lowest BCUT2D eigenvalue weighted by atomic mass is 9.67. The Bertz CT molecular complexity index is 2690. The van der Waals surface area contributed by atoms with Gasteiger partial charge in [0.05, 0.1) is 22.4 Å². The zero-order valence-corrected chi connectivity index (χ0v) is 49.3. The molecular formula is C69H95BO6. The maximum absolute atomic E-state index is 11.0. The molecule has 1 heterocycles. The molecule has 410 valence electrons. The molecule has 6 nitrogen and oxygen atoms in total. The van der Waals surface area contributed by atoms with Crippen molar-refractivity contribution in [1.29, 1.82) is 0 Å². The first-order valence-corrected chi connectivity index (χ1v) is 29.4. The van der Waals surface area contributed by atoms with Crippen LogP contribution in [0.2, 0.25) is 0 Å². The molecule has 0 atom stereocenters. The van der Waals surface area contributed by atoms with Crippen molar-refractivity contribution in [2.45, 2.75) is 245 Å². The van der Waals surface area contributed by atoms with Gasteiger partial charge in [0.1, 0.15) is 0 Å². The van der Waals surface area contributed by atoms with Crippen LogP contribution in [0, 0.1) is 27.7 Å². The van der Waals surface area contributed by atoms with Crippen LogP contribution in [-0.2, 0) is 49.0 Å². The highest BCUT2D eigenvalue weighted by molar-refractivity contribution is 6.62. The molecule has 2 aliphatic carbocycles. The second kappa shape index (κ2) is 25.9. The van der Waals surface area contributed by atoms with Crippen molar-refractivity contribution in [2.75, 3.05) is 0 Å².